The Labute approximate surface area is 284 Å². The van der Waals surface area contributed by atoms with E-state index >= 15 is 0 Å². The number of amides is 1. The molecule has 1 unspecified atom stereocenters. The zero-order valence-electron chi connectivity index (χ0n) is 24.3. The number of hydrogen-bond donors (Lipinski definition) is 2. The van der Waals surface area contributed by atoms with Crippen LogP contribution < -0.4 is 29.2 Å². The minimum Gasteiger partial charge on any atom is -0.490 e. The van der Waals surface area contributed by atoms with Gasteiger partial charge in [0.05, 0.1) is 42.5 Å². The average Bonchev–Trinajstić information content (AvgIpc) is 3.07. The summed E-state index contributed by atoms with van der Waals surface area (Å²) in [5, 5.41) is 20.5. The van der Waals surface area contributed by atoms with Crippen LogP contribution in [0, 0.1) is 23.3 Å². The molecule has 0 fully saturated rings. The van der Waals surface area contributed by atoms with Gasteiger partial charge in [-0.25, -0.2) is 18.6 Å². The largest absolute Gasteiger partial charge is 0.490 e. The molecule has 2 aromatic carbocycles. The highest BCUT2D eigenvalue weighted by Crippen LogP contribution is 2.39. The summed E-state index contributed by atoms with van der Waals surface area (Å²) in [5.74, 6) is -10.1. The van der Waals surface area contributed by atoms with Gasteiger partial charge in [-0.2, -0.15) is 19.0 Å². The SMILES string of the molecule is COc1c(Oc2ncc(Br)cc2C(=O)NC2=C(C(=O)O)C(Oc3ccc(F)c(F)c3OC)N(c3ccnnc3)C=C2Br)ccc(F)c1F. The number of aromatic nitrogens is 3. The maximum Gasteiger partial charge on any atom is 0.339 e. The number of methoxy groups -OCH3 is 2. The number of aliphatic carboxylic acids is 1. The Morgan fingerprint density at radius 1 is 0.917 bits per heavy atom. The number of allylic oxidation sites excluding steroid dienone is 1. The van der Waals surface area contributed by atoms with E-state index in [0.29, 0.717) is 4.47 Å². The van der Waals surface area contributed by atoms with E-state index < -0.39 is 64.3 Å². The normalized spacial score (nSPS) is 14.3. The van der Waals surface area contributed by atoms with Gasteiger partial charge in [-0.05, 0) is 68.3 Å². The van der Waals surface area contributed by atoms with E-state index in [-0.39, 0.29) is 32.9 Å². The molecule has 0 saturated carbocycles. The lowest BCUT2D eigenvalue weighted by Gasteiger charge is -2.36. The molecule has 5 rings (SSSR count). The number of rotatable bonds is 10. The Kier molecular flexibility index (Phi) is 10.1. The first-order chi connectivity index (χ1) is 22.9. The highest BCUT2D eigenvalue weighted by Gasteiger charge is 2.38. The molecule has 0 bridgehead atoms. The molecule has 1 aliphatic heterocycles. The summed E-state index contributed by atoms with van der Waals surface area (Å²) in [6, 6.07) is 6.39. The molecule has 48 heavy (non-hydrogen) atoms. The molecular weight excluding hydrogens is 778 g/mol. The van der Waals surface area contributed by atoms with E-state index in [0.717, 1.165) is 38.5 Å². The van der Waals surface area contributed by atoms with E-state index in [4.69, 9.17) is 18.9 Å². The van der Waals surface area contributed by atoms with Gasteiger partial charge in [0.2, 0.25) is 29.5 Å². The topological polar surface area (TPSA) is 145 Å². The van der Waals surface area contributed by atoms with Gasteiger partial charge < -0.3 is 34.3 Å². The summed E-state index contributed by atoms with van der Waals surface area (Å²) >= 11 is 6.50. The van der Waals surface area contributed by atoms with Gasteiger partial charge in [-0.3, -0.25) is 4.79 Å². The summed E-state index contributed by atoms with van der Waals surface area (Å²) < 4.78 is 78.6. The smallest absolute Gasteiger partial charge is 0.339 e. The predicted molar refractivity (Wildman–Crippen MR) is 166 cm³/mol. The summed E-state index contributed by atoms with van der Waals surface area (Å²) in [6.45, 7) is 0. The van der Waals surface area contributed by atoms with Gasteiger partial charge in [0.1, 0.15) is 11.1 Å². The number of carboxylic acid groups (broad SMARTS) is 1. The lowest BCUT2D eigenvalue weighted by atomic mass is 10.1. The van der Waals surface area contributed by atoms with Crippen molar-refractivity contribution in [3.8, 4) is 28.9 Å². The third-order valence-electron chi connectivity index (χ3n) is 6.54. The van der Waals surface area contributed by atoms with Crippen molar-refractivity contribution in [2.45, 2.75) is 6.23 Å². The first-order valence-corrected chi connectivity index (χ1v) is 14.8. The quantitative estimate of drug-likeness (QED) is 0.176. The first kappa shape index (κ1) is 34.1. The number of anilines is 1. The van der Waals surface area contributed by atoms with Crippen LogP contribution in [0.4, 0.5) is 23.2 Å². The van der Waals surface area contributed by atoms with Gasteiger partial charge >= 0.3 is 5.97 Å². The minimum atomic E-state index is -1.66. The van der Waals surface area contributed by atoms with Crippen LogP contribution in [-0.2, 0) is 4.79 Å². The van der Waals surface area contributed by atoms with Crippen molar-refractivity contribution in [2.24, 2.45) is 0 Å². The Bertz CT molecular complexity index is 1990. The predicted octanol–water partition coefficient (Wildman–Crippen LogP) is 6.23. The zero-order chi connectivity index (χ0) is 34.7. The average molecular weight is 797 g/mol. The number of benzene rings is 2. The molecule has 2 N–H and O–H groups in total. The highest BCUT2D eigenvalue weighted by molar-refractivity contribution is 9.12. The van der Waals surface area contributed by atoms with E-state index in [1.165, 1.54) is 41.8 Å². The van der Waals surface area contributed by atoms with Gasteiger partial charge in [0.15, 0.2) is 28.9 Å². The fourth-order valence-corrected chi connectivity index (χ4v) is 5.27. The molecule has 4 aromatic rings. The number of nitrogens with zero attached hydrogens (tertiary/aromatic N) is 4. The summed E-state index contributed by atoms with van der Waals surface area (Å²) in [5.41, 5.74) is -0.943. The minimum absolute atomic E-state index is 0.0230. The number of pyridine rings is 1. The van der Waals surface area contributed by atoms with Crippen molar-refractivity contribution in [1.82, 2.24) is 20.5 Å². The number of halogens is 6. The summed E-state index contributed by atoms with van der Waals surface area (Å²) in [6.07, 6.45) is 3.54. The van der Waals surface area contributed by atoms with Gasteiger partial charge in [0, 0.05) is 16.9 Å². The molecule has 3 heterocycles. The maximum atomic E-state index is 14.6. The molecule has 0 aliphatic carbocycles. The second kappa shape index (κ2) is 14.3. The third-order valence-corrected chi connectivity index (χ3v) is 7.57. The van der Waals surface area contributed by atoms with Crippen LogP contribution in [-0.4, -0.2) is 52.6 Å². The fraction of sp³-hybridized carbons (Fsp3) is 0.100. The van der Waals surface area contributed by atoms with Crippen molar-refractivity contribution in [2.75, 3.05) is 19.1 Å². The van der Waals surface area contributed by atoms with E-state index in [1.807, 2.05) is 0 Å². The van der Waals surface area contributed by atoms with Crippen molar-refractivity contribution in [1.29, 1.82) is 0 Å². The van der Waals surface area contributed by atoms with Gasteiger partial charge in [-0.15, -0.1) is 0 Å². The molecule has 18 heteroatoms. The van der Waals surface area contributed by atoms with Crippen molar-refractivity contribution < 1.29 is 51.2 Å². The van der Waals surface area contributed by atoms with Crippen LogP contribution in [0.25, 0.3) is 0 Å². The third kappa shape index (κ3) is 6.75. The number of carbonyl (C=O) groups is 2. The number of carboxylic acids is 1. The van der Waals surface area contributed by atoms with Crippen LogP contribution in [0.15, 0.2) is 81.4 Å². The number of hydrogen-bond acceptors (Lipinski definition) is 10. The van der Waals surface area contributed by atoms with Crippen LogP contribution >= 0.6 is 31.9 Å². The maximum absolute atomic E-state index is 14.6. The highest BCUT2D eigenvalue weighted by atomic mass is 79.9. The molecule has 0 saturated heterocycles. The second-order valence-electron chi connectivity index (χ2n) is 9.40. The molecule has 0 radical (unpaired) electrons. The number of ether oxygens (including phenoxy) is 4. The van der Waals surface area contributed by atoms with Crippen molar-refractivity contribution in [3.05, 3.63) is 110 Å². The zero-order valence-corrected chi connectivity index (χ0v) is 27.5. The molecule has 12 nitrogen and oxygen atoms in total. The molecule has 1 aliphatic rings. The molecule has 2 aromatic heterocycles. The Morgan fingerprint density at radius 3 is 2.17 bits per heavy atom. The molecule has 0 spiro atoms. The number of carbonyl (C=O) groups excluding carboxylic acids is 1. The lowest BCUT2D eigenvalue weighted by Crippen LogP contribution is -2.45. The summed E-state index contributed by atoms with van der Waals surface area (Å²) in [7, 11) is 2.15. The van der Waals surface area contributed by atoms with Gasteiger partial charge in [-0.1, -0.05) is 0 Å². The Morgan fingerprint density at radius 2 is 1.56 bits per heavy atom. The Hall–Kier alpha value is -5.23. The summed E-state index contributed by atoms with van der Waals surface area (Å²) in [4.78, 5) is 32.0. The molecule has 1 atom stereocenters. The van der Waals surface area contributed by atoms with E-state index in [2.05, 4.69) is 52.4 Å². The molecule has 1 amide bonds. The molecular formula is C30H19Br2F4N5O7. The second-order valence-corrected chi connectivity index (χ2v) is 11.2. The van der Waals surface area contributed by atoms with Crippen LogP contribution in [0.5, 0.6) is 28.9 Å². The van der Waals surface area contributed by atoms with Crippen molar-refractivity contribution >= 4 is 49.4 Å². The Balaban J connectivity index is 1.60. The van der Waals surface area contributed by atoms with E-state index in [9.17, 15) is 32.3 Å². The monoisotopic (exact) mass is 795 g/mol. The van der Waals surface area contributed by atoms with E-state index in [1.54, 1.807) is 0 Å². The molecule has 248 valence electrons. The van der Waals surface area contributed by atoms with Gasteiger partial charge in [0.25, 0.3) is 5.91 Å². The standard InChI is InChI=1S/C30H19Br2F4N5O7/c1-45-25-19(5-3-17(33)22(25)35)47-28-15(9-13(31)10-37-28)27(42)40-24-16(32)12-41(14-7-8-38-39-11-14)29(21(24)30(43)44)48-20-6-4-18(34)23(36)26(20)46-2/h3-12,29H,1-2H3,(H,40,42)(H,43,44). The fourth-order valence-electron chi connectivity index (χ4n) is 4.41. The number of nitrogens with one attached hydrogen (secondary N) is 1. The van der Waals surface area contributed by atoms with Crippen LogP contribution in [0.2, 0.25) is 0 Å². The van der Waals surface area contributed by atoms with Crippen LogP contribution in [0.3, 0.4) is 0 Å². The first-order valence-electron chi connectivity index (χ1n) is 13.2. The lowest BCUT2D eigenvalue weighted by molar-refractivity contribution is -0.133. The van der Waals surface area contributed by atoms with Crippen molar-refractivity contribution in [3.63, 3.8) is 0 Å². The van der Waals surface area contributed by atoms with Crippen LogP contribution in [0.1, 0.15) is 10.4 Å².